The molecule has 2 unspecified atom stereocenters. The number of carbonyl (C=O) groups is 1. The van der Waals surface area contributed by atoms with Crippen molar-refractivity contribution in [3.05, 3.63) is 22.6 Å². The number of aliphatic hydroxyl groups is 1. The van der Waals surface area contributed by atoms with Crippen molar-refractivity contribution in [2.45, 2.75) is 25.6 Å². The van der Waals surface area contributed by atoms with Gasteiger partial charge in [-0.05, 0) is 35.0 Å². The van der Waals surface area contributed by atoms with Crippen molar-refractivity contribution in [3.8, 4) is 0 Å². The molecule has 0 bridgehead atoms. The van der Waals surface area contributed by atoms with E-state index in [2.05, 4.69) is 21.2 Å². The van der Waals surface area contributed by atoms with Crippen LogP contribution in [0.3, 0.4) is 0 Å². The maximum Gasteiger partial charge on any atom is 0.323 e. The summed E-state index contributed by atoms with van der Waals surface area (Å²) in [7, 11) is 0. The molecule has 0 radical (unpaired) electrons. The minimum Gasteiger partial charge on any atom is -0.480 e. The number of rotatable bonds is 5. The number of carboxylic acid groups (broad SMARTS) is 1. The van der Waals surface area contributed by atoms with Crippen LogP contribution in [0.4, 0.5) is 0 Å². The minimum absolute atomic E-state index is 0.257. The Labute approximate surface area is 95.2 Å². The predicted octanol–water partition coefficient (Wildman–Crippen LogP) is 0.966. The molecule has 3 N–H and O–H groups in total. The lowest BCUT2D eigenvalue weighted by atomic mass is 10.2. The Morgan fingerprint density at radius 2 is 2.33 bits per heavy atom. The van der Waals surface area contributed by atoms with E-state index in [1.165, 1.54) is 6.92 Å². The molecule has 0 aliphatic rings. The van der Waals surface area contributed by atoms with Gasteiger partial charge in [-0.1, -0.05) is 0 Å². The third kappa shape index (κ3) is 3.65. The van der Waals surface area contributed by atoms with Crippen molar-refractivity contribution in [2.75, 3.05) is 0 Å². The average Bonchev–Trinajstić information content (AvgIpc) is 2.50. The predicted molar refractivity (Wildman–Crippen MR) is 56.4 cm³/mol. The van der Waals surface area contributed by atoms with E-state index in [9.17, 15) is 9.90 Å². The molecule has 84 valence electrons. The van der Waals surface area contributed by atoms with Crippen molar-refractivity contribution < 1.29 is 19.4 Å². The molecular formula is C9H12BrNO4. The van der Waals surface area contributed by atoms with Crippen LogP contribution in [0.1, 0.15) is 12.7 Å². The quantitative estimate of drug-likeness (QED) is 0.747. The second-order valence-corrected chi connectivity index (χ2v) is 3.92. The number of hydrogen-bond acceptors (Lipinski definition) is 4. The number of furan rings is 1. The normalized spacial score (nSPS) is 14.9. The molecule has 2 atom stereocenters. The van der Waals surface area contributed by atoms with Crippen LogP contribution in [0.5, 0.6) is 0 Å². The van der Waals surface area contributed by atoms with Crippen LogP contribution in [-0.4, -0.2) is 28.3 Å². The Balaban J connectivity index is 2.50. The largest absolute Gasteiger partial charge is 0.480 e. The van der Waals surface area contributed by atoms with Crippen molar-refractivity contribution in [3.63, 3.8) is 0 Å². The molecule has 1 aromatic heterocycles. The molecule has 0 amide bonds. The van der Waals surface area contributed by atoms with Gasteiger partial charge < -0.3 is 14.6 Å². The van der Waals surface area contributed by atoms with Crippen LogP contribution in [0.2, 0.25) is 0 Å². The van der Waals surface area contributed by atoms with E-state index in [0.29, 0.717) is 10.4 Å². The number of nitrogens with one attached hydrogen (secondary N) is 1. The molecule has 0 saturated heterocycles. The van der Waals surface area contributed by atoms with Gasteiger partial charge in [0.1, 0.15) is 11.8 Å². The SMILES string of the molecule is CC(O)C(NCc1ccc(Br)o1)C(=O)O. The van der Waals surface area contributed by atoms with Crippen molar-refractivity contribution in [1.29, 1.82) is 0 Å². The first kappa shape index (κ1) is 12.2. The zero-order valence-electron chi connectivity index (χ0n) is 8.11. The highest BCUT2D eigenvalue weighted by Gasteiger charge is 2.22. The molecule has 15 heavy (non-hydrogen) atoms. The molecule has 0 aliphatic carbocycles. The summed E-state index contributed by atoms with van der Waals surface area (Å²) in [5.41, 5.74) is 0. The van der Waals surface area contributed by atoms with E-state index in [0.717, 1.165) is 0 Å². The molecule has 1 aromatic rings. The lowest BCUT2D eigenvalue weighted by Crippen LogP contribution is -2.44. The molecule has 1 heterocycles. The van der Waals surface area contributed by atoms with Gasteiger partial charge in [0, 0.05) is 0 Å². The van der Waals surface area contributed by atoms with Gasteiger partial charge in [-0.25, -0.2) is 0 Å². The third-order valence-electron chi connectivity index (χ3n) is 1.87. The van der Waals surface area contributed by atoms with Gasteiger partial charge in [-0.15, -0.1) is 0 Å². The van der Waals surface area contributed by atoms with Crippen molar-refractivity contribution >= 4 is 21.9 Å². The molecule has 0 aromatic carbocycles. The number of aliphatic carboxylic acids is 1. The van der Waals surface area contributed by atoms with Gasteiger partial charge in [0.2, 0.25) is 0 Å². The number of aliphatic hydroxyl groups excluding tert-OH is 1. The van der Waals surface area contributed by atoms with Crippen molar-refractivity contribution in [2.24, 2.45) is 0 Å². The molecule has 1 rings (SSSR count). The van der Waals surface area contributed by atoms with Gasteiger partial charge in [0.05, 0.1) is 12.6 Å². The summed E-state index contributed by atoms with van der Waals surface area (Å²) in [5.74, 6) is -0.482. The summed E-state index contributed by atoms with van der Waals surface area (Å²) >= 11 is 3.14. The zero-order chi connectivity index (χ0) is 11.4. The second-order valence-electron chi connectivity index (χ2n) is 3.14. The smallest absolute Gasteiger partial charge is 0.323 e. The topological polar surface area (TPSA) is 82.7 Å². The molecular weight excluding hydrogens is 266 g/mol. The van der Waals surface area contributed by atoms with Gasteiger partial charge >= 0.3 is 5.97 Å². The number of halogens is 1. The molecule has 0 aliphatic heterocycles. The van der Waals surface area contributed by atoms with Crippen LogP contribution < -0.4 is 5.32 Å². The van der Waals surface area contributed by atoms with Crippen LogP contribution >= 0.6 is 15.9 Å². The average molecular weight is 278 g/mol. The standard InChI is InChI=1S/C9H12BrNO4/c1-5(12)8(9(13)14)11-4-6-2-3-7(10)15-6/h2-3,5,8,11-12H,4H2,1H3,(H,13,14). The maximum absolute atomic E-state index is 10.7. The maximum atomic E-state index is 10.7. The Kier molecular flexibility index (Phi) is 4.31. The fourth-order valence-corrected chi connectivity index (χ4v) is 1.46. The van der Waals surface area contributed by atoms with Crippen LogP contribution in [0.15, 0.2) is 21.2 Å². The van der Waals surface area contributed by atoms with Crippen LogP contribution in [-0.2, 0) is 11.3 Å². The molecule has 0 fully saturated rings. The fraction of sp³-hybridized carbons (Fsp3) is 0.444. The van der Waals surface area contributed by atoms with E-state index in [1.54, 1.807) is 12.1 Å². The van der Waals surface area contributed by atoms with Crippen molar-refractivity contribution in [1.82, 2.24) is 5.32 Å². The Morgan fingerprint density at radius 1 is 1.67 bits per heavy atom. The third-order valence-corrected chi connectivity index (χ3v) is 2.30. The molecule has 0 spiro atoms. The summed E-state index contributed by atoms with van der Waals surface area (Å²) < 4.78 is 5.76. The fourth-order valence-electron chi connectivity index (χ4n) is 1.12. The van der Waals surface area contributed by atoms with E-state index in [4.69, 9.17) is 9.52 Å². The van der Waals surface area contributed by atoms with Crippen LogP contribution in [0.25, 0.3) is 0 Å². The van der Waals surface area contributed by atoms with Crippen LogP contribution in [0, 0.1) is 0 Å². The molecule has 5 nitrogen and oxygen atoms in total. The monoisotopic (exact) mass is 277 g/mol. The first-order chi connectivity index (χ1) is 7.00. The summed E-state index contributed by atoms with van der Waals surface area (Å²) in [6.45, 7) is 1.68. The van der Waals surface area contributed by atoms with Gasteiger partial charge in [-0.3, -0.25) is 10.1 Å². The van der Waals surface area contributed by atoms with E-state index in [1.807, 2.05) is 0 Å². The minimum atomic E-state index is -1.09. The molecule has 6 heteroatoms. The van der Waals surface area contributed by atoms with Gasteiger partial charge in [-0.2, -0.15) is 0 Å². The Bertz CT molecular complexity index is 337. The Morgan fingerprint density at radius 3 is 2.73 bits per heavy atom. The highest BCUT2D eigenvalue weighted by Crippen LogP contribution is 2.13. The first-order valence-corrected chi connectivity index (χ1v) is 5.18. The highest BCUT2D eigenvalue weighted by atomic mass is 79.9. The van der Waals surface area contributed by atoms with E-state index < -0.39 is 18.1 Å². The van der Waals surface area contributed by atoms with E-state index in [-0.39, 0.29) is 6.54 Å². The first-order valence-electron chi connectivity index (χ1n) is 4.39. The second kappa shape index (κ2) is 5.29. The summed E-state index contributed by atoms with van der Waals surface area (Å²) in [5, 5.41) is 20.6. The summed E-state index contributed by atoms with van der Waals surface area (Å²) in [6, 6.07) is 2.45. The van der Waals surface area contributed by atoms with Gasteiger partial charge in [0.25, 0.3) is 0 Å². The van der Waals surface area contributed by atoms with E-state index >= 15 is 0 Å². The van der Waals surface area contributed by atoms with Gasteiger partial charge in [0.15, 0.2) is 4.67 Å². The lowest BCUT2D eigenvalue weighted by molar-refractivity contribution is -0.142. The summed E-state index contributed by atoms with van der Waals surface area (Å²) in [4.78, 5) is 10.7. The number of hydrogen-bond donors (Lipinski definition) is 3. The lowest BCUT2D eigenvalue weighted by Gasteiger charge is -2.15. The summed E-state index contributed by atoms with van der Waals surface area (Å²) in [6.07, 6.45) is -0.957. The highest BCUT2D eigenvalue weighted by molar-refractivity contribution is 9.10. The molecule has 0 saturated carbocycles. The Hall–Kier alpha value is -0.850. The number of carboxylic acids is 1. The zero-order valence-corrected chi connectivity index (χ0v) is 9.69.